The van der Waals surface area contributed by atoms with Gasteiger partial charge in [0.25, 0.3) is 0 Å². The van der Waals surface area contributed by atoms with Gasteiger partial charge in [0.15, 0.2) is 5.82 Å². The molecule has 1 saturated heterocycles. The monoisotopic (exact) mass is 244 g/mol. The molecule has 1 aliphatic rings. The Bertz CT molecular complexity index is 511. The first-order valence-corrected chi connectivity index (χ1v) is 6.26. The molecule has 5 nitrogen and oxygen atoms in total. The summed E-state index contributed by atoms with van der Waals surface area (Å²) in [5.74, 6) is 2.35. The van der Waals surface area contributed by atoms with Crippen molar-refractivity contribution in [2.24, 2.45) is 5.92 Å². The molecule has 3 heterocycles. The molecule has 0 saturated carbocycles. The van der Waals surface area contributed by atoms with Crippen LogP contribution in [0.15, 0.2) is 28.9 Å². The zero-order valence-corrected chi connectivity index (χ0v) is 10.3. The Morgan fingerprint density at radius 2 is 2.33 bits per heavy atom. The van der Waals surface area contributed by atoms with Gasteiger partial charge in [-0.1, -0.05) is 18.1 Å². The molecular formula is C13H16N4O. The van der Waals surface area contributed by atoms with E-state index in [1.165, 1.54) is 0 Å². The molecule has 1 fully saturated rings. The van der Waals surface area contributed by atoms with E-state index in [1.54, 1.807) is 6.20 Å². The molecule has 18 heavy (non-hydrogen) atoms. The summed E-state index contributed by atoms with van der Waals surface area (Å²) in [7, 11) is 0. The molecule has 2 aromatic rings. The fraction of sp³-hybridized carbons (Fsp3) is 0.462. The maximum Gasteiger partial charge on any atom is 0.231 e. The van der Waals surface area contributed by atoms with Crippen molar-refractivity contribution in [3.8, 4) is 0 Å². The van der Waals surface area contributed by atoms with Crippen LogP contribution in [0.4, 0.5) is 0 Å². The third kappa shape index (κ3) is 2.26. The first-order valence-electron chi connectivity index (χ1n) is 6.26. The van der Waals surface area contributed by atoms with Gasteiger partial charge in [-0.05, 0) is 24.6 Å². The van der Waals surface area contributed by atoms with Crippen LogP contribution in [0.5, 0.6) is 0 Å². The van der Waals surface area contributed by atoms with Crippen LogP contribution in [0.1, 0.15) is 30.3 Å². The number of hydrogen-bond donors (Lipinski definition) is 1. The minimum atomic E-state index is 0.343. The highest BCUT2D eigenvalue weighted by Gasteiger charge is 2.29. The van der Waals surface area contributed by atoms with Gasteiger partial charge in [0, 0.05) is 18.4 Å². The lowest BCUT2D eigenvalue weighted by Crippen LogP contribution is -2.08. The second-order valence-corrected chi connectivity index (χ2v) is 4.79. The number of aromatic nitrogens is 3. The molecule has 5 heteroatoms. The van der Waals surface area contributed by atoms with Crippen molar-refractivity contribution in [1.82, 2.24) is 20.4 Å². The molecular weight excluding hydrogens is 228 g/mol. The Kier molecular flexibility index (Phi) is 3.06. The Labute approximate surface area is 106 Å². The van der Waals surface area contributed by atoms with Gasteiger partial charge < -0.3 is 9.84 Å². The third-order valence-electron chi connectivity index (χ3n) is 3.38. The van der Waals surface area contributed by atoms with E-state index < -0.39 is 0 Å². The number of hydrogen-bond acceptors (Lipinski definition) is 5. The molecule has 1 N–H and O–H groups in total. The standard InChI is InChI=1S/C13H16N4O/c1-9-7-14-8-11(9)13-16-12(17-18-13)6-10-4-2-3-5-15-10/h2-5,9,11,14H,6-8H2,1H3/t9-,11-/m1/s1. The molecule has 0 aliphatic carbocycles. The summed E-state index contributed by atoms with van der Waals surface area (Å²) in [5.41, 5.74) is 0.961. The van der Waals surface area contributed by atoms with Crippen LogP contribution in [-0.2, 0) is 6.42 Å². The fourth-order valence-corrected chi connectivity index (χ4v) is 2.30. The third-order valence-corrected chi connectivity index (χ3v) is 3.38. The first-order chi connectivity index (χ1) is 8.83. The average molecular weight is 244 g/mol. The Hall–Kier alpha value is -1.75. The van der Waals surface area contributed by atoms with Crippen molar-refractivity contribution in [2.75, 3.05) is 13.1 Å². The van der Waals surface area contributed by atoms with E-state index in [0.29, 0.717) is 24.1 Å². The average Bonchev–Trinajstić information content (AvgIpc) is 2.99. The predicted molar refractivity (Wildman–Crippen MR) is 66.1 cm³/mol. The van der Waals surface area contributed by atoms with Crippen LogP contribution in [-0.4, -0.2) is 28.2 Å². The first kappa shape index (κ1) is 11.3. The number of nitrogens with one attached hydrogen (secondary N) is 1. The van der Waals surface area contributed by atoms with Gasteiger partial charge in [0.05, 0.1) is 12.3 Å². The van der Waals surface area contributed by atoms with E-state index in [1.807, 2.05) is 18.2 Å². The number of rotatable bonds is 3. The molecule has 94 valence electrons. The van der Waals surface area contributed by atoms with Crippen molar-refractivity contribution in [3.63, 3.8) is 0 Å². The van der Waals surface area contributed by atoms with E-state index in [-0.39, 0.29) is 0 Å². The lowest BCUT2D eigenvalue weighted by molar-refractivity contribution is 0.337. The van der Waals surface area contributed by atoms with E-state index >= 15 is 0 Å². The molecule has 3 rings (SSSR count). The highest BCUT2D eigenvalue weighted by atomic mass is 16.5. The van der Waals surface area contributed by atoms with Crippen LogP contribution in [0, 0.1) is 5.92 Å². The van der Waals surface area contributed by atoms with E-state index in [9.17, 15) is 0 Å². The van der Waals surface area contributed by atoms with Crippen LogP contribution in [0.25, 0.3) is 0 Å². The normalized spacial score (nSPS) is 23.4. The number of pyridine rings is 1. The van der Waals surface area contributed by atoms with Crippen LogP contribution in [0.2, 0.25) is 0 Å². The largest absolute Gasteiger partial charge is 0.339 e. The van der Waals surface area contributed by atoms with Gasteiger partial charge in [0.2, 0.25) is 5.89 Å². The van der Waals surface area contributed by atoms with Gasteiger partial charge in [-0.2, -0.15) is 4.98 Å². The second kappa shape index (κ2) is 4.86. The number of nitrogens with zero attached hydrogens (tertiary/aromatic N) is 3. The molecule has 0 aromatic carbocycles. The molecule has 0 bridgehead atoms. The van der Waals surface area contributed by atoms with Crippen molar-refractivity contribution < 1.29 is 4.52 Å². The highest BCUT2D eigenvalue weighted by molar-refractivity contribution is 5.10. The van der Waals surface area contributed by atoms with Crippen LogP contribution >= 0.6 is 0 Å². The second-order valence-electron chi connectivity index (χ2n) is 4.79. The van der Waals surface area contributed by atoms with Gasteiger partial charge in [0.1, 0.15) is 0 Å². The van der Waals surface area contributed by atoms with Crippen LogP contribution in [0.3, 0.4) is 0 Å². The van der Waals surface area contributed by atoms with Gasteiger partial charge >= 0.3 is 0 Å². The maximum absolute atomic E-state index is 5.36. The summed E-state index contributed by atoms with van der Waals surface area (Å²) in [5, 5.41) is 7.38. The Balaban J connectivity index is 1.74. The summed E-state index contributed by atoms with van der Waals surface area (Å²) in [4.78, 5) is 8.74. The predicted octanol–water partition coefficient (Wildman–Crippen LogP) is 1.38. The SMILES string of the molecule is C[C@@H]1CNC[C@H]1c1nc(Cc2ccccn2)no1. The fourth-order valence-electron chi connectivity index (χ4n) is 2.30. The van der Waals surface area contributed by atoms with E-state index in [4.69, 9.17) is 4.52 Å². The minimum absolute atomic E-state index is 0.343. The Morgan fingerprint density at radius 3 is 3.06 bits per heavy atom. The summed E-state index contributed by atoms with van der Waals surface area (Å²) < 4.78 is 5.36. The van der Waals surface area contributed by atoms with Gasteiger partial charge in [-0.25, -0.2) is 0 Å². The van der Waals surface area contributed by atoms with Crippen LogP contribution < -0.4 is 5.32 Å². The molecule has 2 atom stereocenters. The van der Waals surface area contributed by atoms with Crippen molar-refractivity contribution in [1.29, 1.82) is 0 Å². The molecule has 1 aliphatic heterocycles. The Morgan fingerprint density at radius 1 is 1.39 bits per heavy atom. The summed E-state index contributed by atoms with van der Waals surface area (Å²) in [6, 6.07) is 5.83. The van der Waals surface area contributed by atoms with Crippen molar-refractivity contribution >= 4 is 0 Å². The molecule has 0 amide bonds. The zero-order chi connectivity index (χ0) is 12.4. The quantitative estimate of drug-likeness (QED) is 0.883. The topological polar surface area (TPSA) is 63.8 Å². The molecule has 2 aromatic heterocycles. The summed E-state index contributed by atoms with van der Waals surface area (Å²) in [6.07, 6.45) is 2.40. The zero-order valence-electron chi connectivity index (χ0n) is 10.3. The maximum atomic E-state index is 5.36. The van der Waals surface area contributed by atoms with Crippen molar-refractivity contribution in [2.45, 2.75) is 19.3 Å². The lowest BCUT2D eigenvalue weighted by atomic mass is 9.98. The molecule has 0 spiro atoms. The smallest absolute Gasteiger partial charge is 0.231 e. The van der Waals surface area contributed by atoms with E-state index in [2.05, 4.69) is 27.4 Å². The van der Waals surface area contributed by atoms with Crippen molar-refractivity contribution in [3.05, 3.63) is 41.8 Å². The molecule has 0 unspecified atom stereocenters. The van der Waals surface area contributed by atoms with E-state index in [0.717, 1.165) is 24.7 Å². The van der Waals surface area contributed by atoms with Gasteiger partial charge in [-0.3, -0.25) is 4.98 Å². The minimum Gasteiger partial charge on any atom is -0.339 e. The summed E-state index contributed by atoms with van der Waals surface area (Å²) >= 11 is 0. The lowest BCUT2D eigenvalue weighted by Gasteiger charge is -2.07. The van der Waals surface area contributed by atoms with Gasteiger partial charge in [-0.15, -0.1) is 0 Å². The summed E-state index contributed by atoms with van der Waals surface area (Å²) in [6.45, 7) is 4.14. The molecule has 0 radical (unpaired) electrons. The highest BCUT2D eigenvalue weighted by Crippen LogP contribution is 2.26.